The number of hydrogen-bond acceptors (Lipinski definition) is 6. The molecule has 0 spiro atoms. The van der Waals surface area contributed by atoms with Crippen LogP contribution in [0.15, 0.2) is 89.0 Å². The number of benzene rings is 3. The van der Waals surface area contributed by atoms with Crippen LogP contribution in [0.2, 0.25) is 5.02 Å². The smallest absolute Gasteiger partial charge is 0.159 e. The number of nitrogens with one attached hydrogen (secondary N) is 1. The molecule has 4 aromatic rings. The molecule has 1 N–H and O–H groups in total. The number of rotatable bonds is 3. The van der Waals surface area contributed by atoms with Crippen molar-refractivity contribution in [3.8, 4) is 5.69 Å². The van der Waals surface area contributed by atoms with Crippen LogP contribution in [0.1, 0.15) is 28.3 Å². The summed E-state index contributed by atoms with van der Waals surface area (Å²) in [6.07, 6.45) is 5.68. The highest BCUT2D eigenvalue weighted by Crippen LogP contribution is 2.28. The molecule has 1 aromatic heterocycles. The zero-order chi connectivity index (χ0) is 24.9. The normalized spacial score (nSPS) is 13.3. The minimum absolute atomic E-state index is 0.483. The van der Waals surface area contributed by atoms with E-state index < -0.39 is 0 Å². The van der Waals surface area contributed by atoms with Gasteiger partial charge in [0.05, 0.1) is 23.6 Å². The number of anilines is 1. The van der Waals surface area contributed by atoms with Gasteiger partial charge in [0.2, 0.25) is 0 Å². The summed E-state index contributed by atoms with van der Waals surface area (Å²) in [7, 11) is 4.04. The van der Waals surface area contributed by atoms with E-state index in [1.807, 2.05) is 86.9 Å². The van der Waals surface area contributed by atoms with Gasteiger partial charge < -0.3 is 4.90 Å². The molecule has 0 unspecified atom stereocenters. The first-order valence-electron chi connectivity index (χ1n) is 11.6. The number of halogens is 1. The Bertz CT molecular complexity index is 1450. The predicted molar refractivity (Wildman–Crippen MR) is 147 cm³/mol. The molecule has 0 saturated carbocycles. The van der Waals surface area contributed by atoms with Crippen molar-refractivity contribution in [2.75, 3.05) is 19.5 Å². The number of aliphatic imine (C=N–C) groups is 1. The van der Waals surface area contributed by atoms with Gasteiger partial charge in [-0.05, 0) is 50.0 Å². The molecular formula is C28H26ClN7. The van der Waals surface area contributed by atoms with Gasteiger partial charge in [-0.1, -0.05) is 66.2 Å². The maximum atomic E-state index is 6.30. The topological polar surface area (TPSA) is 70.7 Å². The van der Waals surface area contributed by atoms with Crippen molar-refractivity contribution in [1.82, 2.24) is 19.7 Å². The summed E-state index contributed by atoms with van der Waals surface area (Å²) >= 11 is 6.30. The van der Waals surface area contributed by atoms with Gasteiger partial charge in [-0.25, -0.2) is 0 Å². The number of allylic oxidation sites excluding steroid dienone is 1. The first kappa shape index (κ1) is 23.7. The molecule has 180 valence electrons. The second-order valence-electron chi connectivity index (χ2n) is 8.63. The van der Waals surface area contributed by atoms with Crippen LogP contribution in [0.4, 0.5) is 5.69 Å². The Morgan fingerprint density at radius 1 is 0.972 bits per heavy atom. The minimum atomic E-state index is 0.483. The van der Waals surface area contributed by atoms with Gasteiger partial charge in [-0.15, -0.1) is 10.2 Å². The maximum absolute atomic E-state index is 6.30. The zero-order valence-corrected chi connectivity index (χ0v) is 20.9. The van der Waals surface area contributed by atoms with Gasteiger partial charge in [0, 0.05) is 22.4 Å². The Morgan fingerprint density at radius 3 is 2.61 bits per heavy atom. The monoisotopic (exact) mass is 495 g/mol. The fourth-order valence-corrected chi connectivity index (χ4v) is 4.30. The van der Waals surface area contributed by atoms with Gasteiger partial charge in [0.25, 0.3) is 0 Å². The van der Waals surface area contributed by atoms with Crippen molar-refractivity contribution < 1.29 is 0 Å². The Morgan fingerprint density at radius 2 is 1.78 bits per heavy atom. The van der Waals surface area contributed by atoms with Crippen molar-refractivity contribution in [3.63, 3.8) is 0 Å². The largest absolute Gasteiger partial charge is 0.302 e. The molecule has 0 radical (unpaired) electrons. The fraction of sp³-hybridized carbons (Fsp3) is 0.143. The summed E-state index contributed by atoms with van der Waals surface area (Å²) in [5.41, 5.74) is 9.17. The molecule has 3 heterocycles. The van der Waals surface area contributed by atoms with Crippen molar-refractivity contribution in [2.24, 2.45) is 10.1 Å². The first-order valence-corrected chi connectivity index (χ1v) is 12.0. The first-order chi connectivity index (χ1) is 17.6. The lowest BCUT2D eigenvalue weighted by Crippen LogP contribution is -2.16. The lowest BCUT2D eigenvalue weighted by Gasteiger charge is -2.15. The summed E-state index contributed by atoms with van der Waals surface area (Å²) in [5, 5.41) is 13.4. The number of para-hydroxylation sites is 1. The Hall–Kier alpha value is -4.07. The lowest BCUT2D eigenvalue weighted by molar-refractivity contribution is 0.387. The maximum Gasteiger partial charge on any atom is 0.159 e. The Balaban J connectivity index is 0.000000202. The van der Waals surface area contributed by atoms with Crippen LogP contribution in [0.25, 0.3) is 11.8 Å². The van der Waals surface area contributed by atoms with Crippen LogP contribution in [0, 0.1) is 0 Å². The molecule has 3 aromatic carbocycles. The summed E-state index contributed by atoms with van der Waals surface area (Å²) in [6.45, 7) is 1.19. The molecule has 6 rings (SSSR count). The minimum Gasteiger partial charge on any atom is -0.302 e. The van der Waals surface area contributed by atoms with E-state index in [0.717, 1.165) is 39.9 Å². The van der Waals surface area contributed by atoms with E-state index in [1.165, 1.54) is 5.56 Å². The SMILES string of the molecule is C1=Cc2ccccc2NN=C1.CN(C)Cc1nnc2n1-c1ccc(Cl)cc1C(c1ccccc1)=NC2. The van der Waals surface area contributed by atoms with E-state index >= 15 is 0 Å². The molecular weight excluding hydrogens is 470 g/mol. The zero-order valence-electron chi connectivity index (χ0n) is 20.1. The van der Waals surface area contributed by atoms with Crippen LogP contribution in [0.3, 0.4) is 0 Å². The van der Waals surface area contributed by atoms with Gasteiger partial charge >= 0.3 is 0 Å². The van der Waals surface area contributed by atoms with Crippen LogP contribution >= 0.6 is 11.6 Å². The molecule has 7 nitrogen and oxygen atoms in total. The molecule has 0 saturated heterocycles. The number of hydrazone groups is 1. The molecule has 0 atom stereocenters. The summed E-state index contributed by atoms with van der Waals surface area (Å²) in [4.78, 5) is 6.91. The Labute approximate surface area is 215 Å². The molecule has 0 aliphatic carbocycles. The third kappa shape index (κ3) is 5.12. The van der Waals surface area contributed by atoms with Crippen molar-refractivity contribution >= 4 is 35.3 Å². The van der Waals surface area contributed by atoms with E-state index in [0.29, 0.717) is 18.1 Å². The van der Waals surface area contributed by atoms with E-state index in [4.69, 9.17) is 16.6 Å². The summed E-state index contributed by atoms with van der Waals surface area (Å²) < 4.78 is 2.10. The Kier molecular flexibility index (Phi) is 7.02. The van der Waals surface area contributed by atoms with E-state index in [2.05, 4.69) is 42.3 Å². The molecule has 0 amide bonds. The lowest BCUT2D eigenvalue weighted by atomic mass is 10.0. The quantitative estimate of drug-likeness (QED) is 0.410. The van der Waals surface area contributed by atoms with Crippen molar-refractivity contribution in [3.05, 3.63) is 112 Å². The van der Waals surface area contributed by atoms with Crippen molar-refractivity contribution in [1.29, 1.82) is 0 Å². The summed E-state index contributed by atoms with van der Waals surface area (Å²) in [5.74, 6) is 1.74. The van der Waals surface area contributed by atoms with E-state index in [-0.39, 0.29) is 0 Å². The van der Waals surface area contributed by atoms with Gasteiger partial charge in [-0.3, -0.25) is 15.0 Å². The average Bonchev–Trinajstić information content (AvgIpc) is 3.05. The standard InChI is InChI=1S/C19H18ClN5.C9H8N2/c1-24(2)12-18-23-22-17-11-21-19(13-6-4-3-5-7-13)15-10-14(20)8-9-16(15)25(17)18;1-2-6-9-8(4-1)5-3-7-10-11-9/h3-10H,11-12H2,1-2H3;1-7,11H. The van der Waals surface area contributed by atoms with E-state index in [9.17, 15) is 0 Å². The molecule has 36 heavy (non-hydrogen) atoms. The second kappa shape index (κ2) is 10.7. The van der Waals surface area contributed by atoms with Crippen LogP contribution in [-0.2, 0) is 13.1 Å². The molecule has 2 aliphatic rings. The molecule has 8 heteroatoms. The molecule has 2 aliphatic heterocycles. The van der Waals surface area contributed by atoms with Gasteiger partial charge in [-0.2, -0.15) is 5.10 Å². The summed E-state index contributed by atoms with van der Waals surface area (Å²) in [6, 6.07) is 24.1. The number of fused-ring (bicyclic) bond motifs is 4. The molecule has 0 fully saturated rings. The van der Waals surface area contributed by atoms with Crippen LogP contribution in [-0.4, -0.2) is 45.7 Å². The van der Waals surface area contributed by atoms with Crippen molar-refractivity contribution in [2.45, 2.75) is 13.1 Å². The second-order valence-corrected chi connectivity index (χ2v) is 9.07. The number of nitrogens with zero attached hydrogens (tertiary/aromatic N) is 6. The highest BCUT2D eigenvalue weighted by atomic mass is 35.5. The number of hydrogen-bond donors (Lipinski definition) is 1. The van der Waals surface area contributed by atoms with Crippen LogP contribution in [0.5, 0.6) is 0 Å². The van der Waals surface area contributed by atoms with E-state index in [1.54, 1.807) is 6.21 Å². The predicted octanol–water partition coefficient (Wildman–Crippen LogP) is 5.44. The highest BCUT2D eigenvalue weighted by molar-refractivity contribution is 6.31. The average molecular weight is 496 g/mol. The van der Waals surface area contributed by atoms with Gasteiger partial charge in [0.1, 0.15) is 6.54 Å². The molecule has 0 bridgehead atoms. The number of aromatic nitrogens is 3. The third-order valence-electron chi connectivity index (χ3n) is 5.72. The van der Waals surface area contributed by atoms with Crippen LogP contribution < -0.4 is 5.43 Å². The highest BCUT2D eigenvalue weighted by Gasteiger charge is 2.23. The fourth-order valence-electron chi connectivity index (χ4n) is 4.13. The van der Waals surface area contributed by atoms with Gasteiger partial charge in [0.15, 0.2) is 11.6 Å². The third-order valence-corrected chi connectivity index (χ3v) is 5.95.